The molecule has 4 heterocycles. The van der Waals surface area contributed by atoms with Gasteiger partial charge in [0.15, 0.2) is 11.4 Å². The number of nitrogens with two attached hydrogens (primary N) is 1. The summed E-state index contributed by atoms with van der Waals surface area (Å²) in [6, 6.07) is 2.70. The molecule has 0 unspecified atom stereocenters. The number of fused-ring (bicyclic) bond motifs is 1. The number of amides is 1. The summed E-state index contributed by atoms with van der Waals surface area (Å²) in [4.78, 5) is 16.8. The van der Waals surface area contributed by atoms with E-state index in [2.05, 4.69) is 10.1 Å². The largest absolute Gasteiger partial charge is 0.478 e. The number of likely N-dealkylation sites (tertiary alicyclic amines) is 1. The van der Waals surface area contributed by atoms with Gasteiger partial charge in [0.25, 0.3) is 0 Å². The van der Waals surface area contributed by atoms with Crippen LogP contribution < -0.4 is 10.5 Å². The number of hydrogen-bond donors (Lipinski definition) is 2. The van der Waals surface area contributed by atoms with Gasteiger partial charge < -0.3 is 24.9 Å². The summed E-state index contributed by atoms with van der Waals surface area (Å²) in [5.74, 6) is -0.322. The zero-order valence-electron chi connectivity index (χ0n) is 19.1. The minimum Gasteiger partial charge on any atom is -0.478 e. The zero-order chi connectivity index (χ0) is 25.6. The molecule has 188 valence electrons. The van der Waals surface area contributed by atoms with Gasteiger partial charge in [-0.1, -0.05) is 23.2 Å². The molecule has 1 fully saturated rings. The number of hydrogen-bond acceptors (Lipinski definition) is 6. The lowest BCUT2D eigenvalue weighted by Crippen LogP contribution is -2.38. The Morgan fingerprint density at radius 2 is 2.06 bits per heavy atom. The van der Waals surface area contributed by atoms with Gasteiger partial charge in [-0.2, -0.15) is 5.10 Å². The molecular weight excluding hydrogens is 512 g/mol. The fourth-order valence-electron chi connectivity index (χ4n) is 4.47. The number of furan rings is 1. The molecule has 0 spiro atoms. The first-order valence-electron chi connectivity index (χ1n) is 11.2. The summed E-state index contributed by atoms with van der Waals surface area (Å²) in [5, 5.41) is 14.4. The van der Waals surface area contributed by atoms with Gasteiger partial charge in [0.1, 0.15) is 18.2 Å². The molecule has 1 aliphatic rings. The average molecular weight is 534 g/mol. The highest BCUT2D eigenvalue weighted by Gasteiger charge is 2.26. The third kappa shape index (κ3) is 4.31. The SMILES string of the molecule is C[C@@H](Oc1c(N)ncc2c(-c3cnn(C4CCN(C(=O)O)CC4)c3)coc12)c1c(Cl)ccc(F)c1Cl. The Hall–Kier alpha value is -3.50. The summed E-state index contributed by atoms with van der Waals surface area (Å²) >= 11 is 12.4. The molecule has 9 nitrogen and oxygen atoms in total. The molecule has 0 aliphatic carbocycles. The first-order valence-corrected chi connectivity index (χ1v) is 12.0. The first-order chi connectivity index (χ1) is 17.2. The summed E-state index contributed by atoms with van der Waals surface area (Å²) in [6.07, 6.45) is 6.49. The Morgan fingerprint density at radius 1 is 1.31 bits per heavy atom. The van der Waals surface area contributed by atoms with Crippen LogP contribution in [0, 0.1) is 5.82 Å². The first kappa shape index (κ1) is 24.2. The molecule has 12 heteroatoms. The maximum absolute atomic E-state index is 14.0. The van der Waals surface area contributed by atoms with Gasteiger partial charge in [0.2, 0.25) is 5.75 Å². The number of aromatic nitrogens is 3. The minimum atomic E-state index is -0.902. The molecular formula is C24H22Cl2FN5O4. The molecule has 1 amide bonds. The van der Waals surface area contributed by atoms with E-state index in [1.807, 2.05) is 10.9 Å². The summed E-state index contributed by atoms with van der Waals surface area (Å²) in [7, 11) is 0. The summed E-state index contributed by atoms with van der Waals surface area (Å²) in [6.45, 7) is 2.60. The summed E-state index contributed by atoms with van der Waals surface area (Å²) < 4.78 is 27.8. The van der Waals surface area contributed by atoms with E-state index in [4.69, 9.17) is 43.2 Å². The van der Waals surface area contributed by atoms with Gasteiger partial charge in [0.05, 0.1) is 22.6 Å². The molecule has 1 saturated heterocycles. The van der Waals surface area contributed by atoms with Crippen molar-refractivity contribution in [3.05, 3.63) is 58.4 Å². The third-order valence-electron chi connectivity index (χ3n) is 6.40. The van der Waals surface area contributed by atoms with Crippen LogP contribution in [-0.2, 0) is 0 Å². The van der Waals surface area contributed by atoms with Crippen LogP contribution >= 0.6 is 23.2 Å². The average Bonchev–Trinajstić information content (AvgIpc) is 3.51. The van der Waals surface area contributed by atoms with E-state index in [1.165, 1.54) is 17.0 Å². The number of halogens is 3. The number of nitrogens with zero attached hydrogens (tertiary/aromatic N) is 4. The summed E-state index contributed by atoms with van der Waals surface area (Å²) in [5.41, 5.74) is 8.31. The van der Waals surface area contributed by atoms with Crippen molar-refractivity contribution in [3.63, 3.8) is 0 Å². The smallest absolute Gasteiger partial charge is 0.407 e. The van der Waals surface area contributed by atoms with Crippen LogP contribution in [0.3, 0.4) is 0 Å². The molecule has 0 radical (unpaired) electrons. The number of piperidine rings is 1. The van der Waals surface area contributed by atoms with E-state index in [0.717, 1.165) is 11.1 Å². The van der Waals surface area contributed by atoms with E-state index >= 15 is 0 Å². The maximum atomic E-state index is 14.0. The van der Waals surface area contributed by atoms with Crippen molar-refractivity contribution in [2.45, 2.75) is 31.9 Å². The van der Waals surface area contributed by atoms with E-state index < -0.39 is 18.0 Å². The Morgan fingerprint density at radius 3 is 2.78 bits per heavy atom. The van der Waals surface area contributed by atoms with Gasteiger partial charge in [-0.05, 0) is 31.9 Å². The van der Waals surface area contributed by atoms with Crippen molar-refractivity contribution in [1.29, 1.82) is 0 Å². The van der Waals surface area contributed by atoms with Gasteiger partial charge in [-0.3, -0.25) is 4.68 Å². The molecule has 36 heavy (non-hydrogen) atoms. The topological polar surface area (TPSA) is 120 Å². The van der Waals surface area contributed by atoms with Crippen LogP contribution in [-0.4, -0.2) is 44.0 Å². The van der Waals surface area contributed by atoms with Crippen LogP contribution in [0.5, 0.6) is 5.75 Å². The van der Waals surface area contributed by atoms with E-state index in [0.29, 0.717) is 36.9 Å². The molecule has 0 bridgehead atoms. The molecule has 1 aliphatic heterocycles. The molecule has 1 atom stereocenters. The van der Waals surface area contributed by atoms with Crippen molar-refractivity contribution >= 4 is 46.1 Å². The Labute approximate surface area is 215 Å². The third-order valence-corrected chi connectivity index (χ3v) is 7.12. The van der Waals surface area contributed by atoms with Crippen molar-refractivity contribution in [1.82, 2.24) is 19.7 Å². The lowest BCUT2D eigenvalue weighted by atomic mass is 10.1. The Balaban J connectivity index is 1.43. The lowest BCUT2D eigenvalue weighted by Gasteiger charge is -2.30. The molecule has 3 N–H and O–H groups in total. The van der Waals surface area contributed by atoms with Crippen LogP contribution in [0.15, 0.2) is 41.4 Å². The Bertz CT molecular complexity index is 1450. The molecule has 3 aromatic heterocycles. The normalized spacial score (nSPS) is 15.4. The van der Waals surface area contributed by atoms with Gasteiger partial charge in [-0.15, -0.1) is 0 Å². The lowest BCUT2D eigenvalue weighted by molar-refractivity contribution is 0.124. The van der Waals surface area contributed by atoms with Crippen molar-refractivity contribution in [2.24, 2.45) is 0 Å². The zero-order valence-corrected chi connectivity index (χ0v) is 20.6. The predicted octanol–water partition coefficient (Wildman–Crippen LogP) is 6.17. The number of pyridine rings is 1. The fourth-order valence-corrected chi connectivity index (χ4v) is 5.15. The maximum Gasteiger partial charge on any atom is 0.407 e. The number of carboxylic acid groups (broad SMARTS) is 1. The minimum absolute atomic E-state index is 0.0970. The number of ether oxygens (including phenoxy) is 1. The van der Waals surface area contributed by atoms with Gasteiger partial charge in [0, 0.05) is 47.2 Å². The highest BCUT2D eigenvalue weighted by Crippen LogP contribution is 2.41. The molecule has 1 aromatic carbocycles. The molecule has 0 saturated carbocycles. The van der Waals surface area contributed by atoms with E-state index in [-0.39, 0.29) is 33.2 Å². The van der Waals surface area contributed by atoms with Crippen molar-refractivity contribution in [3.8, 4) is 16.9 Å². The molecule has 5 rings (SSSR count). The van der Waals surface area contributed by atoms with Crippen LogP contribution in [0.2, 0.25) is 10.0 Å². The highest BCUT2D eigenvalue weighted by molar-refractivity contribution is 6.36. The van der Waals surface area contributed by atoms with Crippen molar-refractivity contribution in [2.75, 3.05) is 18.8 Å². The second kappa shape index (κ2) is 9.51. The number of nitrogen functional groups attached to an aromatic ring is 1. The highest BCUT2D eigenvalue weighted by atomic mass is 35.5. The monoisotopic (exact) mass is 533 g/mol. The van der Waals surface area contributed by atoms with Crippen molar-refractivity contribution < 1.29 is 23.4 Å². The van der Waals surface area contributed by atoms with Crippen LogP contribution in [0.25, 0.3) is 22.1 Å². The van der Waals surface area contributed by atoms with Gasteiger partial charge in [-0.25, -0.2) is 14.2 Å². The number of benzene rings is 1. The van der Waals surface area contributed by atoms with E-state index in [9.17, 15) is 9.18 Å². The fraction of sp³-hybridized carbons (Fsp3) is 0.292. The number of rotatable bonds is 5. The Kier molecular flexibility index (Phi) is 6.40. The number of carbonyl (C=O) groups is 1. The second-order valence-corrected chi connectivity index (χ2v) is 9.38. The standard InChI is InChI=1S/C24H22Cl2FN5O4/c1-12(19-17(25)2-3-18(27)20(19)26)36-22-21-15(9-29-23(22)28)16(11-35-21)13-8-30-32(10-13)14-4-6-31(7-5-14)24(33)34/h2-3,8-12,14H,4-7H2,1H3,(H2,28,29)(H,33,34)/t12-/m1/s1. The molecule has 4 aromatic rings. The van der Waals surface area contributed by atoms with Gasteiger partial charge >= 0.3 is 6.09 Å². The van der Waals surface area contributed by atoms with Crippen LogP contribution in [0.4, 0.5) is 15.0 Å². The van der Waals surface area contributed by atoms with Crippen LogP contribution in [0.1, 0.15) is 37.5 Å². The predicted molar refractivity (Wildman–Crippen MR) is 133 cm³/mol. The van der Waals surface area contributed by atoms with E-state index in [1.54, 1.807) is 25.6 Å². The quantitative estimate of drug-likeness (QED) is 0.294. The second-order valence-electron chi connectivity index (χ2n) is 8.59. The number of anilines is 1.